The van der Waals surface area contributed by atoms with Gasteiger partial charge < -0.3 is 10.1 Å². The lowest BCUT2D eigenvalue weighted by molar-refractivity contribution is 0.0827. The molecule has 2 aromatic carbocycles. The molecule has 1 amide bonds. The summed E-state index contributed by atoms with van der Waals surface area (Å²) in [5.41, 5.74) is 1.28. The van der Waals surface area contributed by atoms with Gasteiger partial charge in [-0.15, -0.1) is 0 Å². The zero-order chi connectivity index (χ0) is 19.3. The molecule has 0 bridgehead atoms. The van der Waals surface area contributed by atoms with E-state index in [2.05, 4.69) is 5.32 Å². The first kappa shape index (κ1) is 19.5. The lowest BCUT2D eigenvalue weighted by Gasteiger charge is -2.17. The van der Waals surface area contributed by atoms with Crippen molar-refractivity contribution in [3.63, 3.8) is 0 Å². The van der Waals surface area contributed by atoms with E-state index in [1.54, 1.807) is 19.2 Å². The first-order chi connectivity index (χ1) is 13.0. The van der Waals surface area contributed by atoms with E-state index in [4.69, 9.17) is 4.74 Å². The first-order valence-corrected chi connectivity index (χ1v) is 10.4. The highest BCUT2D eigenvalue weighted by molar-refractivity contribution is 7.89. The second kappa shape index (κ2) is 8.65. The van der Waals surface area contributed by atoms with Crippen LogP contribution in [0.5, 0.6) is 0 Å². The highest BCUT2D eigenvalue weighted by Gasteiger charge is 2.27. The van der Waals surface area contributed by atoms with Crippen LogP contribution in [0.15, 0.2) is 59.5 Å². The molecule has 1 unspecified atom stereocenters. The molecule has 0 radical (unpaired) electrons. The number of carbonyl (C=O) groups is 1. The van der Waals surface area contributed by atoms with Crippen LogP contribution in [-0.4, -0.2) is 45.4 Å². The number of carbonyl (C=O) groups excluding carboxylic acids is 1. The molecular formula is C20H24N2O4S. The maximum atomic E-state index is 12.7. The summed E-state index contributed by atoms with van der Waals surface area (Å²) in [5.74, 6) is -0.327. The van der Waals surface area contributed by atoms with E-state index in [0.29, 0.717) is 25.2 Å². The molecule has 1 fully saturated rings. The topological polar surface area (TPSA) is 75.7 Å². The summed E-state index contributed by atoms with van der Waals surface area (Å²) in [6, 6.07) is 15.8. The van der Waals surface area contributed by atoms with Crippen LogP contribution in [0.1, 0.15) is 34.9 Å². The number of methoxy groups -OCH3 is 1. The third-order valence-corrected chi connectivity index (χ3v) is 6.60. The summed E-state index contributed by atoms with van der Waals surface area (Å²) >= 11 is 0. The van der Waals surface area contributed by atoms with Gasteiger partial charge in [-0.05, 0) is 36.6 Å². The molecule has 7 heteroatoms. The molecule has 1 aliphatic heterocycles. The van der Waals surface area contributed by atoms with Crippen LogP contribution in [0, 0.1) is 0 Å². The van der Waals surface area contributed by atoms with Crippen molar-refractivity contribution < 1.29 is 17.9 Å². The quantitative estimate of drug-likeness (QED) is 0.791. The van der Waals surface area contributed by atoms with Crippen LogP contribution in [0.2, 0.25) is 0 Å². The summed E-state index contributed by atoms with van der Waals surface area (Å²) in [4.78, 5) is 12.7. The van der Waals surface area contributed by atoms with E-state index >= 15 is 0 Å². The Kier molecular flexibility index (Phi) is 6.26. The van der Waals surface area contributed by atoms with Crippen LogP contribution in [-0.2, 0) is 14.8 Å². The van der Waals surface area contributed by atoms with Crippen LogP contribution >= 0.6 is 0 Å². The van der Waals surface area contributed by atoms with Gasteiger partial charge in [-0.1, -0.05) is 36.4 Å². The molecule has 0 aromatic heterocycles. The summed E-state index contributed by atoms with van der Waals surface area (Å²) in [6.45, 7) is 1.36. The molecule has 1 atom stereocenters. The van der Waals surface area contributed by atoms with Crippen LogP contribution in [0.4, 0.5) is 0 Å². The average molecular weight is 388 g/mol. The maximum Gasteiger partial charge on any atom is 0.251 e. The molecular weight excluding hydrogens is 364 g/mol. The maximum absolute atomic E-state index is 12.7. The van der Waals surface area contributed by atoms with Crippen LogP contribution in [0.25, 0.3) is 0 Å². The van der Waals surface area contributed by atoms with E-state index in [1.165, 1.54) is 16.4 Å². The molecule has 144 valence electrons. The number of rotatable bonds is 7. The van der Waals surface area contributed by atoms with Gasteiger partial charge >= 0.3 is 0 Å². The van der Waals surface area contributed by atoms with E-state index in [-0.39, 0.29) is 16.9 Å². The minimum absolute atomic E-state index is 0.156. The predicted molar refractivity (Wildman–Crippen MR) is 103 cm³/mol. The molecule has 27 heavy (non-hydrogen) atoms. The third-order valence-electron chi connectivity index (χ3n) is 4.70. The number of hydrogen-bond donors (Lipinski definition) is 1. The highest BCUT2D eigenvalue weighted by Crippen LogP contribution is 2.22. The Labute approximate surface area is 160 Å². The summed E-state index contributed by atoms with van der Waals surface area (Å²) in [7, 11) is -1.95. The van der Waals surface area contributed by atoms with Crippen molar-refractivity contribution in [1.82, 2.24) is 9.62 Å². The standard InChI is InChI=1S/C20H24N2O4S/c1-26-19(16-8-3-2-4-9-16)15-21-20(23)17-10-7-11-18(14-17)27(24,25)22-12-5-6-13-22/h2-4,7-11,14,19H,5-6,12-13,15H2,1H3,(H,21,23). The van der Waals surface area contributed by atoms with Crippen molar-refractivity contribution in [3.8, 4) is 0 Å². The third kappa shape index (κ3) is 4.55. The van der Waals surface area contributed by atoms with Gasteiger partial charge in [-0.2, -0.15) is 4.31 Å². The summed E-state index contributed by atoms with van der Waals surface area (Å²) < 4.78 is 32.3. The van der Waals surface area contributed by atoms with Crippen molar-refractivity contribution in [2.45, 2.75) is 23.8 Å². The normalized spacial score (nSPS) is 16.2. The Bertz CT molecular complexity index is 878. The molecule has 1 saturated heterocycles. The van der Waals surface area contributed by atoms with Crippen molar-refractivity contribution in [2.75, 3.05) is 26.7 Å². The molecule has 1 heterocycles. The summed E-state index contributed by atoms with van der Waals surface area (Å²) in [5, 5.41) is 2.82. The molecule has 0 aliphatic carbocycles. The minimum Gasteiger partial charge on any atom is -0.375 e. The van der Waals surface area contributed by atoms with Gasteiger partial charge in [0.1, 0.15) is 0 Å². The number of ether oxygens (including phenoxy) is 1. The van der Waals surface area contributed by atoms with Crippen LogP contribution in [0.3, 0.4) is 0 Å². The molecule has 1 N–H and O–H groups in total. The number of nitrogens with zero attached hydrogens (tertiary/aromatic N) is 1. The molecule has 0 spiro atoms. The Morgan fingerprint density at radius 2 is 1.81 bits per heavy atom. The Morgan fingerprint density at radius 1 is 1.11 bits per heavy atom. The van der Waals surface area contributed by atoms with Gasteiger partial charge in [-0.3, -0.25) is 4.79 Å². The van der Waals surface area contributed by atoms with Crippen molar-refractivity contribution in [3.05, 3.63) is 65.7 Å². The van der Waals surface area contributed by atoms with E-state index < -0.39 is 10.0 Å². The van der Waals surface area contributed by atoms with E-state index in [0.717, 1.165) is 18.4 Å². The molecule has 2 aromatic rings. The lowest BCUT2D eigenvalue weighted by atomic mass is 10.1. The number of amides is 1. The largest absolute Gasteiger partial charge is 0.375 e. The number of benzene rings is 2. The highest BCUT2D eigenvalue weighted by atomic mass is 32.2. The van der Waals surface area contributed by atoms with Gasteiger partial charge in [0.2, 0.25) is 10.0 Å². The lowest BCUT2D eigenvalue weighted by Crippen LogP contribution is -2.30. The van der Waals surface area contributed by atoms with Gasteiger partial charge in [0.15, 0.2) is 0 Å². The fourth-order valence-corrected chi connectivity index (χ4v) is 4.73. The zero-order valence-electron chi connectivity index (χ0n) is 15.3. The second-order valence-electron chi connectivity index (χ2n) is 6.48. The summed E-state index contributed by atoms with van der Waals surface area (Å²) in [6.07, 6.45) is 1.47. The second-order valence-corrected chi connectivity index (χ2v) is 8.42. The Balaban J connectivity index is 1.70. The van der Waals surface area contributed by atoms with Crippen molar-refractivity contribution >= 4 is 15.9 Å². The van der Waals surface area contributed by atoms with Gasteiger partial charge in [-0.25, -0.2) is 8.42 Å². The van der Waals surface area contributed by atoms with Gasteiger partial charge in [0, 0.05) is 32.3 Å². The van der Waals surface area contributed by atoms with Crippen LogP contribution < -0.4 is 5.32 Å². The SMILES string of the molecule is COC(CNC(=O)c1cccc(S(=O)(=O)N2CCCC2)c1)c1ccccc1. The monoisotopic (exact) mass is 388 g/mol. The molecule has 0 saturated carbocycles. The van der Waals surface area contributed by atoms with E-state index in [9.17, 15) is 13.2 Å². The Morgan fingerprint density at radius 3 is 2.48 bits per heavy atom. The number of nitrogens with one attached hydrogen (secondary N) is 1. The average Bonchev–Trinajstić information content (AvgIpc) is 3.25. The fourth-order valence-electron chi connectivity index (χ4n) is 3.17. The molecule has 6 nitrogen and oxygen atoms in total. The molecule has 3 rings (SSSR count). The van der Waals surface area contributed by atoms with Crippen molar-refractivity contribution in [2.24, 2.45) is 0 Å². The number of sulfonamides is 1. The first-order valence-electron chi connectivity index (χ1n) is 8.98. The zero-order valence-corrected chi connectivity index (χ0v) is 16.1. The predicted octanol–water partition coefficient (Wildman–Crippen LogP) is 2.59. The van der Waals surface area contributed by atoms with Crippen molar-refractivity contribution in [1.29, 1.82) is 0 Å². The van der Waals surface area contributed by atoms with Gasteiger partial charge in [0.05, 0.1) is 11.0 Å². The smallest absolute Gasteiger partial charge is 0.251 e. The van der Waals surface area contributed by atoms with Gasteiger partial charge in [0.25, 0.3) is 5.91 Å². The Hall–Kier alpha value is -2.22. The van der Waals surface area contributed by atoms with E-state index in [1.807, 2.05) is 30.3 Å². The molecule has 1 aliphatic rings. The minimum atomic E-state index is -3.54. The fraction of sp³-hybridized carbons (Fsp3) is 0.350. The number of hydrogen-bond acceptors (Lipinski definition) is 4.